The lowest BCUT2D eigenvalue weighted by Gasteiger charge is -2.24. The van der Waals surface area contributed by atoms with Crippen molar-refractivity contribution in [3.8, 4) is 6.07 Å². The second kappa shape index (κ2) is 7.23. The van der Waals surface area contributed by atoms with Gasteiger partial charge in [0.2, 0.25) is 0 Å². The van der Waals surface area contributed by atoms with Crippen LogP contribution in [0.15, 0.2) is 48.5 Å². The molecule has 0 radical (unpaired) electrons. The molecule has 0 aliphatic heterocycles. The highest BCUT2D eigenvalue weighted by atomic mass is 16.6. The van der Waals surface area contributed by atoms with Gasteiger partial charge in [-0.05, 0) is 24.6 Å². The summed E-state index contributed by atoms with van der Waals surface area (Å²) in [5.41, 5.74) is 3.28. The van der Waals surface area contributed by atoms with E-state index >= 15 is 0 Å². The van der Waals surface area contributed by atoms with Gasteiger partial charge in [0, 0.05) is 30.9 Å². The van der Waals surface area contributed by atoms with Crippen molar-refractivity contribution < 1.29 is 4.92 Å². The molecular formula is C17H17N3O2. The molecule has 2 aromatic carbocycles. The molecule has 2 rings (SSSR count). The van der Waals surface area contributed by atoms with Crippen LogP contribution in [0.4, 0.5) is 11.4 Å². The van der Waals surface area contributed by atoms with Gasteiger partial charge in [0.05, 0.1) is 17.4 Å². The standard InChI is InChI=1S/C17H17N3O2/c1-14-3-7-16(8-4-14)19(12-2-11-18)13-15-5-9-17(10-6-15)20(21)22/h3-10H,2,12-13H2,1H3. The summed E-state index contributed by atoms with van der Waals surface area (Å²) in [6, 6.07) is 16.8. The Bertz CT molecular complexity index is 673. The first kappa shape index (κ1) is 15.5. The zero-order valence-corrected chi connectivity index (χ0v) is 12.4. The van der Waals surface area contributed by atoms with E-state index in [2.05, 4.69) is 11.0 Å². The lowest BCUT2D eigenvalue weighted by atomic mass is 10.1. The zero-order chi connectivity index (χ0) is 15.9. The average molecular weight is 295 g/mol. The third-order valence-electron chi connectivity index (χ3n) is 3.41. The van der Waals surface area contributed by atoms with Gasteiger partial charge in [-0.1, -0.05) is 29.8 Å². The maximum Gasteiger partial charge on any atom is 0.269 e. The Labute approximate surface area is 129 Å². The summed E-state index contributed by atoms with van der Waals surface area (Å²) < 4.78 is 0. The predicted molar refractivity (Wildman–Crippen MR) is 85.6 cm³/mol. The Hall–Kier alpha value is -2.87. The van der Waals surface area contributed by atoms with Gasteiger partial charge in [-0.2, -0.15) is 5.26 Å². The third-order valence-corrected chi connectivity index (χ3v) is 3.41. The van der Waals surface area contributed by atoms with Crippen molar-refractivity contribution >= 4 is 11.4 Å². The van der Waals surface area contributed by atoms with Gasteiger partial charge < -0.3 is 4.90 Å². The van der Waals surface area contributed by atoms with E-state index in [-0.39, 0.29) is 5.69 Å². The van der Waals surface area contributed by atoms with Crippen LogP contribution in [-0.4, -0.2) is 11.5 Å². The molecule has 0 unspecified atom stereocenters. The first-order chi connectivity index (χ1) is 10.6. The van der Waals surface area contributed by atoms with E-state index in [1.54, 1.807) is 12.1 Å². The maximum atomic E-state index is 10.7. The fourth-order valence-electron chi connectivity index (χ4n) is 2.18. The SMILES string of the molecule is Cc1ccc(N(CCC#N)Cc2ccc([N+](=O)[O-])cc2)cc1. The number of benzene rings is 2. The number of hydrogen-bond donors (Lipinski definition) is 0. The summed E-state index contributed by atoms with van der Waals surface area (Å²) in [5.74, 6) is 0. The number of hydrogen-bond acceptors (Lipinski definition) is 4. The molecule has 0 saturated heterocycles. The molecule has 0 aliphatic rings. The van der Waals surface area contributed by atoms with Gasteiger partial charge in [0.1, 0.15) is 0 Å². The molecule has 0 saturated carbocycles. The maximum absolute atomic E-state index is 10.7. The minimum absolute atomic E-state index is 0.0858. The monoisotopic (exact) mass is 295 g/mol. The van der Waals surface area contributed by atoms with Crippen LogP contribution < -0.4 is 4.90 Å². The first-order valence-corrected chi connectivity index (χ1v) is 7.02. The van der Waals surface area contributed by atoms with Crippen molar-refractivity contribution in [2.45, 2.75) is 19.9 Å². The minimum atomic E-state index is -0.406. The highest BCUT2D eigenvalue weighted by Crippen LogP contribution is 2.20. The van der Waals surface area contributed by atoms with E-state index in [4.69, 9.17) is 5.26 Å². The largest absolute Gasteiger partial charge is 0.366 e. The van der Waals surface area contributed by atoms with Crippen molar-refractivity contribution in [2.75, 3.05) is 11.4 Å². The van der Waals surface area contributed by atoms with Crippen LogP contribution in [0.5, 0.6) is 0 Å². The molecule has 0 heterocycles. The van der Waals surface area contributed by atoms with Gasteiger partial charge in [-0.25, -0.2) is 0 Å². The summed E-state index contributed by atoms with van der Waals surface area (Å²) >= 11 is 0. The molecule has 0 aliphatic carbocycles. The van der Waals surface area contributed by atoms with Crippen molar-refractivity contribution in [1.82, 2.24) is 0 Å². The molecule has 0 N–H and O–H groups in total. The Balaban J connectivity index is 2.17. The van der Waals surface area contributed by atoms with Crippen molar-refractivity contribution in [3.05, 3.63) is 69.8 Å². The summed E-state index contributed by atoms with van der Waals surface area (Å²) in [6.45, 7) is 3.26. The van der Waals surface area contributed by atoms with Crippen LogP contribution in [0.2, 0.25) is 0 Å². The summed E-state index contributed by atoms with van der Waals surface area (Å²) in [6.07, 6.45) is 0.431. The third kappa shape index (κ3) is 4.06. The highest BCUT2D eigenvalue weighted by molar-refractivity contribution is 5.48. The number of aryl methyl sites for hydroxylation is 1. The van der Waals surface area contributed by atoms with E-state index in [0.29, 0.717) is 19.5 Å². The second-order valence-electron chi connectivity index (χ2n) is 5.09. The van der Waals surface area contributed by atoms with Crippen LogP contribution in [0.1, 0.15) is 17.5 Å². The molecule has 5 heteroatoms. The molecule has 22 heavy (non-hydrogen) atoms. The summed E-state index contributed by atoms with van der Waals surface area (Å²) in [5, 5.41) is 19.5. The smallest absolute Gasteiger partial charge is 0.269 e. The van der Waals surface area contributed by atoms with Crippen molar-refractivity contribution in [3.63, 3.8) is 0 Å². The van der Waals surface area contributed by atoms with Crippen LogP contribution in [0.25, 0.3) is 0 Å². The van der Waals surface area contributed by atoms with Crippen molar-refractivity contribution in [1.29, 1.82) is 5.26 Å². The number of nitrogens with zero attached hydrogens (tertiary/aromatic N) is 3. The summed E-state index contributed by atoms with van der Waals surface area (Å²) in [4.78, 5) is 12.4. The molecule has 0 atom stereocenters. The van der Waals surface area contributed by atoms with E-state index in [0.717, 1.165) is 11.3 Å². The van der Waals surface area contributed by atoms with Crippen LogP contribution in [-0.2, 0) is 6.54 Å². The van der Waals surface area contributed by atoms with E-state index in [1.807, 2.05) is 31.2 Å². The number of non-ortho nitro benzene ring substituents is 1. The highest BCUT2D eigenvalue weighted by Gasteiger charge is 2.09. The number of nitriles is 1. The lowest BCUT2D eigenvalue weighted by molar-refractivity contribution is -0.384. The second-order valence-corrected chi connectivity index (χ2v) is 5.09. The summed E-state index contributed by atoms with van der Waals surface area (Å²) in [7, 11) is 0. The quantitative estimate of drug-likeness (QED) is 0.600. The fraction of sp³-hybridized carbons (Fsp3) is 0.235. The molecule has 0 bridgehead atoms. The molecule has 5 nitrogen and oxygen atoms in total. The predicted octanol–water partition coefficient (Wildman–Crippen LogP) is 3.82. The zero-order valence-electron chi connectivity index (χ0n) is 12.4. The van der Waals surface area contributed by atoms with E-state index in [1.165, 1.54) is 17.7 Å². The van der Waals surface area contributed by atoms with E-state index in [9.17, 15) is 10.1 Å². The Morgan fingerprint density at radius 3 is 2.32 bits per heavy atom. The molecule has 0 aromatic heterocycles. The number of nitro benzene ring substituents is 1. The topological polar surface area (TPSA) is 70.2 Å². The molecule has 112 valence electrons. The Kier molecular flexibility index (Phi) is 5.10. The average Bonchev–Trinajstić information content (AvgIpc) is 2.52. The number of nitro groups is 1. The fourth-order valence-corrected chi connectivity index (χ4v) is 2.18. The molecule has 0 fully saturated rings. The van der Waals surface area contributed by atoms with Crippen LogP contribution in [0.3, 0.4) is 0 Å². The lowest BCUT2D eigenvalue weighted by Crippen LogP contribution is -2.23. The normalized spacial score (nSPS) is 10.0. The van der Waals surface area contributed by atoms with Crippen molar-refractivity contribution in [2.24, 2.45) is 0 Å². The van der Waals surface area contributed by atoms with Crippen LogP contribution >= 0.6 is 0 Å². The van der Waals surface area contributed by atoms with Gasteiger partial charge in [0.15, 0.2) is 0 Å². The van der Waals surface area contributed by atoms with E-state index < -0.39 is 4.92 Å². The molecule has 2 aromatic rings. The van der Waals surface area contributed by atoms with Gasteiger partial charge >= 0.3 is 0 Å². The Morgan fingerprint density at radius 2 is 1.77 bits per heavy atom. The number of anilines is 1. The Morgan fingerprint density at radius 1 is 1.14 bits per heavy atom. The van der Waals surface area contributed by atoms with Gasteiger partial charge in [-0.15, -0.1) is 0 Å². The molecule has 0 amide bonds. The van der Waals surface area contributed by atoms with Gasteiger partial charge in [0.25, 0.3) is 5.69 Å². The minimum Gasteiger partial charge on any atom is -0.366 e. The molecular weight excluding hydrogens is 278 g/mol. The van der Waals surface area contributed by atoms with Gasteiger partial charge in [-0.3, -0.25) is 10.1 Å². The first-order valence-electron chi connectivity index (χ1n) is 7.02. The van der Waals surface area contributed by atoms with Crippen LogP contribution in [0, 0.1) is 28.4 Å². The molecule has 0 spiro atoms. The number of rotatable bonds is 6.